The molecule has 1 aromatic carbocycles. The molecule has 4 rings (SSSR count). The first kappa shape index (κ1) is 14.5. The number of aliphatic hydroxyl groups is 2. The molecule has 2 aromatic rings. The number of aromatic amines is 1. The average Bonchev–Trinajstić information content (AvgIpc) is 2.90. The maximum atomic E-state index is 12.5. The molecule has 1 aliphatic carbocycles. The lowest BCUT2D eigenvalue weighted by atomic mass is 9.95. The molecule has 23 heavy (non-hydrogen) atoms. The van der Waals surface area contributed by atoms with Gasteiger partial charge in [-0.1, -0.05) is 30.3 Å². The number of nitrogens with zero attached hydrogens (tertiary/aromatic N) is 1. The predicted octanol–water partition coefficient (Wildman–Crippen LogP) is 1.22. The molecule has 0 unspecified atom stereocenters. The number of rotatable bonds is 3. The Morgan fingerprint density at radius 2 is 2.09 bits per heavy atom. The lowest BCUT2D eigenvalue weighted by molar-refractivity contribution is 0.0764. The first-order valence-electron chi connectivity index (χ1n) is 7.94. The fraction of sp³-hybridized carbons (Fsp3) is 0.389. The molecule has 1 aromatic heterocycles. The number of hydrogen-bond acceptors (Lipinski definition) is 3. The standard InChI is InChI=1S/C18H20N2O3/c21-10-14-16(12-4-2-1-3-5-12)18(14)11-20(9-15(18)22)17(23)13-6-7-19-8-13/h1-8,14-16,19,21-22H,9-11H2/t14-,15+,16-,18-/m1/s1. The maximum absolute atomic E-state index is 12.5. The Bertz CT molecular complexity index is 700. The van der Waals surface area contributed by atoms with Crippen molar-refractivity contribution >= 4 is 5.91 Å². The van der Waals surface area contributed by atoms with Gasteiger partial charge in [0.1, 0.15) is 0 Å². The quantitative estimate of drug-likeness (QED) is 0.798. The number of hydrogen-bond donors (Lipinski definition) is 3. The predicted molar refractivity (Wildman–Crippen MR) is 84.9 cm³/mol. The highest BCUT2D eigenvalue weighted by molar-refractivity contribution is 5.94. The highest BCUT2D eigenvalue weighted by Crippen LogP contribution is 2.68. The minimum absolute atomic E-state index is 0.00363. The zero-order valence-corrected chi connectivity index (χ0v) is 12.7. The van der Waals surface area contributed by atoms with Gasteiger partial charge in [-0.3, -0.25) is 4.79 Å². The molecule has 4 atom stereocenters. The smallest absolute Gasteiger partial charge is 0.255 e. The number of β-amino-alcohol motifs (C(OH)–C–C–N with tert-alkyl or cyclic N) is 1. The van der Waals surface area contributed by atoms with E-state index in [-0.39, 0.29) is 24.3 Å². The van der Waals surface area contributed by atoms with Gasteiger partial charge in [0.05, 0.1) is 11.7 Å². The van der Waals surface area contributed by atoms with Crippen LogP contribution >= 0.6 is 0 Å². The Morgan fingerprint density at radius 1 is 1.30 bits per heavy atom. The summed E-state index contributed by atoms with van der Waals surface area (Å²) in [6.45, 7) is 0.843. The van der Waals surface area contributed by atoms with E-state index in [1.54, 1.807) is 23.4 Å². The SMILES string of the molecule is O=C(c1cc[nH]c1)N1C[C@H](O)[C@@]2(C1)[C@H](CO)[C@H]2c1ccccc1. The molecule has 1 saturated heterocycles. The lowest BCUT2D eigenvalue weighted by Crippen LogP contribution is -2.29. The van der Waals surface area contributed by atoms with E-state index >= 15 is 0 Å². The summed E-state index contributed by atoms with van der Waals surface area (Å²) in [5.41, 5.74) is 1.32. The summed E-state index contributed by atoms with van der Waals surface area (Å²) in [6.07, 6.45) is 2.79. The minimum atomic E-state index is -0.604. The Hall–Kier alpha value is -2.11. The Labute approximate surface area is 134 Å². The minimum Gasteiger partial charge on any atom is -0.396 e. The topological polar surface area (TPSA) is 76.6 Å². The van der Waals surface area contributed by atoms with Gasteiger partial charge in [-0.25, -0.2) is 0 Å². The van der Waals surface area contributed by atoms with Crippen molar-refractivity contribution in [2.75, 3.05) is 19.7 Å². The molecule has 1 saturated carbocycles. The zero-order chi connectivity index (χ0) is 16.0. The van der Waals surface area contributed by atoms with Gasteiger partial charge in [0.2, 0.25) is 0 Å². The van der Waals surface area contributed by atoms with E-state index in [1.807, 2.05) is 30.3 Å². The van der Waals surface area contributed by atoms with E-state index in [0.717, 1.165) is 5.56 Å². The first-order valence-corrected chi connectivity index (χ1v) is 7.94. The molecule has 1 aliphatic heterocycles. The molecular formula is C18H20N2O3. The molecule has 120 valence electrons. The van der Waals surface area contributed by atoms with Crippen LogP contribution in [0, 0.1) is 11.3 Å². The number of carbonyl (C=O) groups excluding carboxylic acids is 1. The third-order valence-electron chi connectivity index (χ3n) is 5.53. The van der Waals surface area contributed by atoms with Crippen molar-refractivity contribution in [1.29, 1.82) is 0 Å². The van der Waals surface area contributed by atoms with Gasteiger partial charge in [-0.2, -0.15) is 0 Å². The molecule has 2 heterocycles. The number of aliphatic hydroxyl groups excluding tert-OH is 2. The number of H-pyrrole nitrogens is 1. The molecule has 5 heteroatoms. The van der Waals surface area contributed by atoms with Gasteiger partial charge < -0.3 is 20.1 Å². The summed E-state index contributed by atoms with van der Waals surface area (Å²) >= 11 is 0. The van der Waals surface area contributed by atoms with Crippen LogP contribution < -0.4 is 0 Å². The molecule has 3 N–H and O–H groups in total. The fourth-order valence-electron chi connectivity index (χ4n) is 4.36. The second-order valence-corrected chi connectivity index (χ2v) is 6.59. The van der Waals surface area contributed by atoms with Gasteiger partial charge in [0.15, 0.2) is 0 Å². The van der Waals surface area contributed by atoms with E-state index in [2.05, 4.69) is 4.98 Å². The van der Waals surface area contributed by atoms with Crippen LogP contribution in [0.1, 0.15) is 21.8 Å². The molecule has 1 spiro atoms. The molecular weight excluding hydrogens is 292 g/mol. The van der Waals surface area contributed by atoms with Crippen LogP contribution in [0.25, 0.3) is 0 Å². The van der Waals surface area contributed by atoms with Crippen molar-refractivity contribution in [2.24, 2.45) is 11.3 Å². The molecule has 1 amide bonds. The molecule has 0 radical (unpaired) electrons. The first-order chi connectivity index (χ1) is 11.2. The average molecular weight is 312 g/mol. The second-order valence-electron chi connectivity index (χ2n) is 6.59. The number of aromatic nitrogens is 1. The summed E-state index contributed by atoms with van der Waals surface area (Å²) in [5, 5.41) is 20.4. The van der Waals surface area contributed by atoms with Crippen molar-refractivity contribution in [1.82, 2.24) is 9.88 Å². The maximum Gasteiger partial charge on any atom is 0.255 e. The monoisotopic (exact) mass is 312 g/mol. The summed E-state index contributed by atoms with van der Waals surface area (Å²) in [4.78, 5) is 17.1. The number of nitrogens with one attached hydrogen (secondary N) is 1. The van der Waals surface area contributed by atoms with E-state index in [1.165, 1.54) is 0 Å². The third kappa shape index (κ3) is 2.04. The zero-order valence-electron chi connectivity index (χ0n) is 12.7. The third-order valence-corrected chi connectivity index (χ3v) is 5.53. The summed E-state index contributed by atoms with van der Waals surface area (Å²) in [7, 11) is 0. The Kier molecular flexibility index (Phi) is 3.28. The number of carbonyl (C=O) groups is 1. The van der Waals surface area contributed by atoms with Crippen LogP contribution in [0.5, 0.6) is 0 Å². The van der Waals surface area contributed by atoms with Crippen LogP contribution in [-0.4, -0.2) is 51.8 Å². The van der Waals surface area contributed by atoms with Crippen LogP contribution in [0.2, 0.25) is 0 Å². The largest absolute Gasteiger partial charge is 0.396 e. The highest BCUT2D eigenvalue weighted by atomic mass is 16.3. The normalized spacial score (nSPS) is 32.4. The Balaban J connectivity index is 1.61. The fourth-order valence-corrected chi connectivity index (χ4v) is 4.36. The summed E-state index contributed by atoms with van der Waals surface area (Å²) < 4.78 is 0. The van der Waals surface area contributed by atoms with Crippen molar-refractivity contribution < 1.29 is 15.0 Å². The van der Waals surface area contributed by atoms with Crippen molar-refractivity contribution in [3.63, 3.8) is 0 Å². The van der Waals surface area contributed by atoms with Crippen molar-refractivity contribution in [2.45, 2.75) is 12.0 Å². The number of benzene rings is 1. The highest BCUT2D eigenvalue weighted by Gasteiger charge is 2.71. The van der Waals surface area contributed by atoms with E-state index < -0.39 is 11.5 Å². The van der Waals surface area contributed by atoms with Crippen LogP contribution in [0.3, 0.4) is 0 Å². The summed E-state index contributed by atoms with van der Waals surface area (Å²) in [6, 6.07) is 11.7. The van der Waals surface area contributed by atoms with E-state index in [4.69, 9.17) is 0 Å². The van der Waals surface area contributed by atoms with Crippen LogP contribution in [0.4, 0.5) is 0 Å². The summed E-state index contributed by atoms with van der Waals surface area (Å²) in [5.74, 6) is 0.0363. The number of likely N-dealkylation sites (tertiary alicyclic amines) is 1. The molecule has 0 bridgehead atoms. The van der Waals surface area contributed by atoms with Gasteiger partial charge >= 0.3 is 0 Å². The van der Waals surface area contributed by atoms with E-state index in [9.17, 15) is 15.0 Å². The second kappa shape index (κ2) is 5.22. The van der Waals surface area contributed by atoms with Crippen molar-refractivity contribution in [3.05, 3.63) is 59.9 Å². The molecule has 2 fully saturated rings. The van der Waals surface area contributed by atoms with Crippen LogP contribution in [-0.2, 0) is 0 Å². The van der Waals surface area contributed by atoms with Gasteiger partial charge in [0.25, 0.3) is 5.91 Å². The lowest BCUT2D eigenvalue weighted by Gasteiger charge is -2.16. The van der Waals surface area contributed by atoms with Gasteiger partial charge in [0, 0.05) is 37.5 Å². The molecule has 5 nitrogen and oxygen atoms in total. The van der Waals surface area contributed by atoms with Crippen LogP contribution in [0.15, 0.2) is 48.8 Å². The van der Waals surface area contributed by atoms with Crippen molar-refractivity contribution in [3.8, 4) is 0 Å². The van der Waals surface area contributed by atoms with Gasteiger partial charge in [-0.05, 0) is 23.5 Å². The Morgan fingerprint density at radius 3 is 2.74 bits per heavy atom. The van der Waals surface area contributed by atoms with E-state index in [0.29, 0.717) is 18.7 Å². The number of amides is 1. The molecule has 2 aliphatic rings. The van der Waals surface area contributed by atoms with Gasteiger partial charge in [-0.15, -0.1) is 0 Å².